The lowest BCUT2D eigenvalue weighted by Gasteiger charge is -2.32. The van der Waals surface area contributed by atoms with Gasteiger partial charge in [0.05, 0.1) is 0 Å². The number of rotatable bonds is 4. The van der Waals surface area contributed by atoms with E-state index in [-0.39, 0.29) is 17.9 Å². The fourth-order valence-corrected chi connectivity index (χ4v) is 3.17. The summed E-state index contributed by atoms with van der Waals surface area (Å²) < 4.78 is 5.01. The molecule has 0 unspecified atom stereocenters. The average Bonchev–Trinajstić information content (AvgIpc) is 2.68. The molecule has 0 atom stereocenters. The van der Waals surface area contributed by atoms with E-state index in [1.165, 1.54) is 13.0 Å². The molecular weight excluding hydrogens is 358 g/mol. The van der Waals surface area contributed by atoms with Gasteiger partial charge < -0.3 is 20.7 Å². The smallest absolute Gasteiger partial charge is 0.308 e. The molecule has 1 aliphatic rings. The minimum Gasteiger partial charge on any atom is -0.427 e. The Kier molecular flexibility index (Phi) is 5.93. The summed E-state index contributed by atoms with van der Waals surface area (Å²) in [6.07, 6.45) is 1.35. The van der Waals surface area contributed by atoms with Crippen LogP contribution in [-0.2, 0) is 4.79 Å². The molecule has 1 fully saturated rings. The second-order valence-corrected chi connectivity index (χ2v) is 6.78. The van der Waals surface area contributed by atoms with Crippen LogP contribution in [-0.4, -0.2) is 41.8 Å². The van der Waals surface area contributed by atoms with Crippen LogP contribution in [0.1, 0.15) is 40.5 Å². The number of amides is 2. The summed E-state index contributed by atoms with van der Waals surface area (Å²) in [7, 11) is 0. The Balaban J connectivity index is 1.54. The molecular formula is C21H23N3O4. The number of benzene rings is 2. The van der Waals surface area contributed by atoms with E-state index >= 15 is 0 Å². The maximum Gasteiger partial charge on any atom is 0.308 e. The zero-order valence-electron chi connectivity index (χ0n) is 15.7. The Morgan fingerprint density at radius 2 is 1.71 bits per heavy atom. The lowest BCUT2D eigenvalue weighted by molar-refractivity contribution is -0.131. The highest BCUT2D eigenvalue weighted by atomic mass is 16.5. The summed E-state index contributed by atoms with van der Waals surface area (Å²) >= 11 is 0. The van der Waals surface area contributed by atoms with Gasteiger partial charge in [-0.2, -0.15) is 0 Å². The number of nitrogens with zero attached hydrogens (tertiary/aromatic N) is 1. The van der Waals surface area contributed by atoms with E-state index in [0.29, 0.717) is 48.5 Å². The maximum atomic E-state index is 12.5. The van der Waals surface area contributed by atoms with Gasteiger partial charge in [0.15, 0.2) is 0 Å². The Morgan fingerprint density at radius 3 is 2.36 bits per heavy atom. The molecule has 0 spiro atoms. The summed E-state index contributed by atoms with van der Waals surface area (Å²) in [4.78, 5) is 37.9. The van der Waals surface area contributed by atoms with E-state index in [4.69, 9.17) is 10.5 Å². The van der Waals surface area contributed by atoms with Crippen LogP contribution in [0, 0.1) is 0 Å². The zero-order valence-corrected chi connectivity index (χ0v) is 15.7. The molecule has 28 heavy (non-hydrogen) atoms. The third-order valence-electron chi connectivity index (χ3n) is 4.63. The van der Waals surface area contributed by atoms with Gasteiger partial charge in [-0.15, -0.1) is 0 Å². The normalized spacial score (nSPS) is 14.4. The molecule has 3 N–H and O–H groups in total. The largest absolute Gasteiger partial charge is 0.427 e. The van der Waals surface area contributed by atoms with E-state index in [2.05, 4.69) is 5.32 Å². The summed E-state index contributed by atoms with van der Waals surface area (Å²) in [6, 6.07) is 13.4. The molecule has 146 valence electrons. The topological polar surface area (TPSA) is 102 Å². The first kappa shape index (κ1) is 19.4. The number of nitrogen functional groups attached to an aromatic ring is 1. The van der Waals surface area contributed by atoms with Crippen molar-refractivity contribution in [3.63, 3.8) is 0 Å². The lowest BCUT2D eigenvalue weighted by atomic mass is 10.0. The van der Waals surface area contributed by atoms with E-state index in [0.717, 1.165) is 0 Å². The molecule has 0 bridgehead atoms. The molecule has 0 radical (unpaired) electrons. The third kappa shape index (κ3) is 4.88. The van der Waals surface area contributed by atoms with E-state index in [1.54, 1.807) is 47.4 Å². The van der Waals surface area contributed by atoms with Gasteiger partial charge in [-0.25, -0.2) is 0 Å². The number of hydrogen-bond donors (Lipinski definition) is 2. The first-order valence-corrected chi connectivity index (χ1v) is 9.16. The Hall–Kier alpha value is -3.35. The summed E-state index contributed by atoms with van der Waals surface area (Å²) in [6.45, 7) is 2.45. The number of esters is 1. The predicted octanol–water partition coefficient (Wildman–Crippen LogP) is 2.23. The quantitative estimate of drug-likeness (QED) is 0.480. The van der Waals surface area contributed by atoms with Crippen molar-refractivity contribution >= 4 is 23.5 Å². The van der Waals surface area contributed by atoms with Crippen LogP contribution in [0.2, 0.25) is 0 Å². The molecule has 0 aromatic heterocycles. The SMILES string of the molecule is CC(=O)Oc1cccc(C(=O)NC2CCN(C(=O)c3ccc(N)cc3)CC2)c1. The number of piperidine rings is 1. The number of carbonyl (C=O) groups excluding carboxylic acids is 3. The summed E-state index contributed by atoms with van der Waals surface area (Å²) in [5, 5.41) is 2.99. The van der Waals surface area contributed by atoms with Crippen LogP contribution in [0.4, 0.5) is 5.69 Å². The number of likely N-dealkylation sites (tertiary alicyclic amines) is 1. The van der Waals surface area contributed by atoms with Gasteiger partial charge >= 0.3 is 5.97 Å². The number of nitrogens with two attached hydrogens (primary N) is 1. The van der Waals surface area contributed by atoms with Gasteiger partial charge in [0.2, 0.25) is 0 Å². The number of hydrogen-bond acceptors (Lipinski definition) is 5. The number of nitrogens with one attached hydrogen (secondary N) is 1. The van der Waals surface area contributed by atoms with Gasteiger partial charge in [-0.3, -0.25) is 14.4 Å². The van der Waals surface area contributed by atoms with E-state index < -0.39 is 5.97 Å². The Bertz CT molecular complexity index is 871. The Labute approximate surface area is 163 Å². The van der Waals surface area contributed by atoms with Crippen molar-refractivity contribution in [3.05, 3.63) is 59.7 Å². The van der Waals surface area contributed by atoms with Gasteiger partial charge in [-0.1, -0.05) is 6.07 Å². The highest BCUT2D eigenvalue weighted by molar-refractivity contribution is 5.95. The highest BCUT2D eigenvalue weighted by Crippen LogP contribution is 2.17. The van der Waals surface area contributed by atoms with Crippen LogP contribution in [0.5, 0.6) is 5.75 Å². The first-order valence-electron chi connectivity index (χ1n) is 9.16. The first-order chi connectivity index (χ1) is 13.4. The molecule has 2 amide bonds. The number of anilines is 1. The van der Waals surface area contributed by atoms with Gasteiger partial charge in [-0.05, 0) is 55.3 Å². The molecule has 2 aromatic rings. The van der Waals surface area contributed by atoms with Crippen LogP contribution >= 0.6 is 0 Å². The molecule has 1 aliphatic heterocycles. The molecule has 1 saturated heterocycles. The van der Waals surface area contributed by atoms with Crippen molar-refractivity contribution in [1.82, 2.24) is 10.2 Å². The molecule has 2 aromatic carbocycles. The zero-order chi connectivity index (χ0) is 20.1. The second-order valence-electron chi connectivity index (χ2n) is 6.78. The van der Waals surface area contributed by atoms with Crippen LogP contribution in [0.25, 0.3) is 0 Å². The van der Waals surface area contributed by atoms with Gasteiger partial charge in [0, 0.05) is 42.9 Å². The molecule has 1 heterocycles. The van der Waals surface area contributed by atoms with Crippen molar-refractivity contribution in [2.24, 2.45) is 0 Å². The van der Waals surface area contributed by atoms with Crippen molar-refractivity contribution in [2.75, 3.05) is 18.8 Å². The number of ether oxygens (including phenoxy) is 1. The third-order valence-corrected chi connectivity index (χ3v) is 4.63. The molecule has 0 aliphatic carbocycles. The van der Waals surface area contributed by atoms with Crippen molar-refractivity contribution in [3.8, 4) is 5.75 Å². The van der Waals surface area contributed by atoms with E-state index in [1.807, 2.05) is 0 Å². The predicted molar refractivity (Wildman–Crippen MR) is 105 cm³/mol. The summed E-state index contributed by atoms with van der Waals surface area (Å²) in [5.74, 6) is -0.351. The monoisotopic (exact) mass is 381 g/mol. The fraction of sp³-hybridized carbons (Fsp3) is 0.286. The van der Waals surface area contributed by atoms with Crippen LogP contribution in [0.15, 0.2) is 48.5 Å². The molecule has 7 heteroatoms. The fourth-order valence-electron chi connectivity index (χ4n) is 3.17. The molecule has 3 rings (SSSR count). The molecule has 7 nitrogen and oxygen atoms in total. The van der Waals surface area contributed by atoms with E-state index in [9.17, 15) is 14.4 Å². The highest BCUT2D eigenvalue weighted by Gasteiger charge is 2.25. The minimum atomic E-state index is -0.435. The van der Waals surface area contributed by atoms with Crippen LogP contribution in [0.3, 0.4) is 0 Å². The van der Waals surface area contributed by atoms with Gasteiger partial charge in [0.1, 0.15) is 5.75 Å². The van der Waals surface area contributed by atoms with Crippen molar-refractivity contribution in [1.29, 1.82) is 0 Å². The number of carbonyl (C=O) groups is 3. The van der Waals surface area contributed by atoms with Gasteiger partial charge in [0.25, 0.3) is 11.8 Å². The van der Waals surface area contributed by atoms with Crippen molar-refractivity contribution in [2.45, 2.75) is 25.8 Å². The maximum absolute atomic E-state index is 12.5. The standard InChI is InChI=1S/C21H23N3O4/c1-14(25)28-19-4-2-3-16(13-19)20(26)23-18-9-11-24(12-10-18)21(27)15-5-7-17(22)8-6-15/h2-8,13,18H,9-12,22H2,1H3,(H,23,26). The Morgan fingerprint density at radius 1 is 1.04 bits per heavy atom. The van der Waals surface area contributed by atoms with Crippen molar-refractivity contribution < 1.29 is 19.1 Å². The van der Waals surface area contributed by atoms with Crippen LogP contribution < -0.4 is 15.8 Å². The summed E-state index contributed by atoms with van der Waals surface area (Å²) in [5.41, 5.74) is 7.32. The average molecular weight is 381 g/mol. The second kappa shape index (κ2) is 8.56. The minimum absolute atomic E-state index is 0.0136. The lowest BCUT2D eigenvalue weighted by Crippen LogP contribution is -2.46. The molecule has 0 saturated carbocycles.